The van der Waals surface area contributed by atoms with E-state index in [-0.39, 0.29) is 18.9 Å². The lowest BCUT2D eigenvalue weighted by Crippen LogP contribution is -2.19. The first-order valence-electron chi connectivity index (χ1n) is 7.45. The van der Waals surface area contributed by atoms with Crippen LogP contribution in [-0.2, 0) is 11.3 Å². The maximum Gasteiger partial charge on any atom is 0.419 e. The zero-order valence-electron chi connectivity index (χ0n) is 12.8. The van der Waals surface area contributed by atoms with Crippen LogP contribution in [0, 0.1) is 0 Å². The molecule has 0 aliphatic carbocycles. The van der Waals surface area contributed by atoms with E-state index < -0.39 is 5.76 Å². The van der Waals surface area contributed by atoms with Crippen LogP contribution in [0.25, 0.3) is 21.7 Å². The van der Waals surface area contributed by atoms with Crippen molar-refractivity contribution in [3.8, 4) is 10.6 Å². The number of hydrogen-bond acceptors (Lipinski definition) is 7. The number of amides is 1. The van der Waals surface area contributed by atoms with E-state index in [1.165, 1.54) is 15.9 Å². The number of anilines is 1. The Hall–Kier alpha value is -2.78. The van der Waals surface area contributed by atoms with Gasteiger partial charge >= 0.3 is 5.76 Å². The lowest BCUT2D eigenvalue weighted by atomic mass is 10.3. The topological polar surface area (TPSA) is 90.0 Å². The maximum atomic E-state index is 12.1. The summed E-state index contributed by atoms with van der Waals surface area (Å²) in [5.41, 5.74) is 2.17. The molecule has 0 bridgehead atoms. The highest BCUT2D eigenvalue weighted by Gasteiger charge is 2.13. The van der Waals surface area contributed by atoms with Crippen molar-refractivity contribution in [2.75, 3.05) is 5.32 Å². The minimum absolute atomic E-state index is 0.136. The fraction of sp³-hybridized carbons (Fsp3) is 0.125. The molecule has 1 aromatic carbocycles. The van der Waals surface area contributed by atoms with E-state index in [1.807, 2.05) is 22.9 Å². The molecular formula is C16H12N4O3S2. The Labute approximate surface area is 149 Å². The molecule has 25 heavy (non-hydrogen) atoms. The lowest BCUT2D eigenvalue weighted by Gasteiger charge is -2.02. The van der Waals surface area contributed by atoms with Gasteiger partial charge in [0.15, 0.2) is 5.58 Å². The molecule has 0 spiro atoms. The fourth-order valence-electron chi connectivity index (χ4n) is 2.40. The smallest absolute Gasteiger partial charge is 0.408 e. The number of nitrogens with one attached hydrogen (secondary N) is 1. The average molecular weight is 372 g/mol. The van der Waals surface area contributed by atoms with Crippen LogP contribution < -0.4 is 11.1 Å². The van der Waals surface area contributed by atoms with Crippen LogP contribution in [0.4, 0.5) is 5.13 Å². The Morgan fingerprint density at radius 3 is 2.96 bits per heavy atom. The molecular weight excluding hydrogens is 360 g/mol. The number of aryl methyl sites for hydroxylation is 1. The van der Waals surface area contributed by atoms with Crippen molar-refractivity contribution in [1.82, 2.24) is 14.8 Å². The van der Waals surface area contributed by atoms with Crippen molar-refractivity contribution in [3.05, 3.63) is 51.6 Å². The van der Waals surface area contributed by atoms with Crippen molar-refractivity contribution >= 4 is 44.8 Å². The summed E-state index contributed by atoms with van der Waals surface area (Å²) in [7, 11) is 0. The molecule has 4 rings (SSSR count). The summed E-state index contributed by atoms with van der Waals surface area (Å²) in [6.07, 6.45) is 0.136. The second-order valence-corrected chi connectivity index (χ2v) is 6.97. The number of hydrogen-bond donors (Lipinski definition) is 1. The van der Waals surface area contributed by atoms with Gasteiger partial charge in [-0.3, -0.25) is 9.36 Å². The van der Waals surface area contributed by atoms with Crippen LogP contribution >= 0.6 is 22.7 Å². The van der Waals surface area contributed by atoms with Crippen LogP contribution in [0.2, 0.25) is 0 Å². The Morgan fingerprint density at radius 2 is 2.12 bits per heavy atom. The van der Waals surface area contributed by atoms with Crippen molar-refractivity contribution < 1.29 is 9.21 Å². The predicted octanol–water partition coefficient (Wildman–Crippen LogP) is 3.20. The van der Waals surface area contributed by atoms with E-state index in [1.54, 1.807) is 29.5 Å². The van der Waals surface area contributed by atoms with Gasteiger partial charge in [-0.05, 0) is 23.6 Å². The van der Waals surface area contributed by atoms with Crippen LogP contribution in [0.15, 0.2) is 50.3 Å². The minimum Gasteiger partial charge on any atom is -0.408 e. The van der Waals surface area contributed by atoms with E-state index in [9.17, 15) is 9.59 Å². The summed E-state index contributed by atoms with van der Waals surface area (Å²) < 4.78 is 6.60. The fourth-order valence-corrected chi connectivity index (χ4v) is 3.87. The first-order valence-corrected chi connectivity index (χ1v) is 9.21. The standard InChI is InChI=1S/C16H12N4O3S2/c21-13(17-15-19-18-14(25-15)10-6-8-24-9-10)5-7-20-11-3-1-2-4-12(11)23-16(20)22/h1-4,6,8-9H,5,7H2,(H,17,19,21). The molecule has 0 atom stereocenters. The highest BCUT2D eigenvalue weighted by atomic mass is 32.1. The number of benzene rings is 1. The van der Waals surface area contributed by atoms with Gasteiger partial charge in [0.25, 0.3) is 0 Å². The number of para-hydroxylation sites is 2. The lowest BCUT2D eigenvalue weighted by molar-refractivity contribution is -0.116. The van der Waals surface area contributed by atoms with Gasteiger partial charge in [-0.2, -0.15) is 11.3 Å². The Morgan fingerprint density at radius 1 is 1.24 bits per heavy atom. The number of carbonyl (C=O) groups excluding carboxylic acids is 1. The van der Waals surface area contributed by atoms with E-state index in [2.05, 4.69) is 15.5 Å². The number of nitrogens with zero attached hydrogens (tertiary/aromatic N) is 3. The van der Waals surface area contributed by atoms with Gasteiger partial charge in [-0.25, -0.2) is 4.79 Å². The minimum atomic E-state index is -0.468. The number of rotatable bonds is 5. The maximum absolute atomic E-state index is 12.1. The highest BCUT2D eigenvalue weighted by molar-refractivity contribution is 7.19. The van der Waals surface area contributed by atoms with Gasteiger partial charge in [-0.15, -0.1) is 10.2 Å². The van der Waals surface area contributed by atoms with Gasteiger partial charge in [-0.1, -0.05) is 23.5 Å². The molecule has 0 aliphatic heterocycles. The normalized spacial score (nSPS) is 11.0. The zero-order valence-corrected chi connectivity index (χ0v) is 14.5. The van der Waals surface area contributed by atoms with Crippen LogP contribution in [0.5, 0.6) is 0 Å². The van der Waals surface area contributed by atoms with Crippen molar-refractivity contribution in [2.45, 2.75) is 13.0 Å². The highest BCUT2D eigenvalue weighted by Crippen LogP contribution is 2.27. The summed E-state index contributed by atoms with van der Waals surface area (Å²) in [6.45, 7) is 0.234. The molecule has 0 unspecified atom stereocenters. The third-order valence-electron chi connectivity index (χ3n) is 3.58. The van der Waals surface area contributed by atoms with Crippen LogP contribution in [-0.4, -0.2) is 20.7 Å². The number of thiophene rings is 1. The van der Waals surface area contributed by atoms with Gasteiger partial charge in [0.2, 0.25) is 11.0 Å². The van der Waals surface area contributed by atoms with Crippen molar-refractivity contribution in [3.63, 3.8) is 0 Å². The Balaban J connectivity index is 1.42. The molecule has 0 radical (unpaired) electrons. The molecule has 9 heteroatoms. The molecule has 3 aromatic heterocycles. The molecule has 4 aromatic rings. The van der Waals surface area contributed by atoms with Gasteiger partial charge in [0.1, 0.15) is 5.01 Å². The van der Waals surface area contributed by atoms with E-state index in [4.69, 9.17) is 4.42 Å². The summed E-state index contributed by atoms with van der Waals surface area (Å²) in [6, 6.07) is 9.08. The summed E-state index contributed by atoms with van der Waals surface area (Å²) in [4.78, 5) is 24.0. The van der Waals surface area contributed by atoms with Crippen molar-refractivity contribution in [1.29, 1.82) is 0 Å². The van der Waals surface area contributed by atoms with E-state index >= 15 is 0 Å². The molecule has 7 nitrogen and oxygen atoms in total. The summed E-state index contributed by atoms with van der Waals surface area (Å²) >= 11 is 2.89. The summed E-state index contributed by atoms with van der Waals surface area (Å²) in [5.74, 6) is -0.699. The Kier molecular flexibility index (Phi) is 4.16. The van der Waals surface area contributed by atoms with Gasteiger partial charge in [0, 0.05) is 23.9 Å². The van der Waals surface area contributed by atoms with E-state index in [0.717, 1.165) is 10.6 Å². The monoisotopic (exact) mass is 372 g/mol. The largest absolute Gasteiger partial charge is 0.419 e. The average Bonchev–Trinajstić information content (AvgIpc) is 3.32. The number of fused-ring (bicyclic) bond motifs is 1. The molecule has 3 heterocycles. The molecule has 0 aliphatic rings. The molecule has 0 saturated heterocycles. The number of oxazole rings is 1. The number of carbonyl (C=O) groups is 1. The van der Waals surface area contributed by atoms with Crippen LogP contribution in [0.1, 0.15) is 6.42 Å². The van der Waals surface area contributed by atoms with Crippen LogP contribution in [0.3, 0.4) is 0 Å². The van der Waals surface area contributed by atoms with Gasteiger partial charge in [0.05, 0.1) is 5.52 Å². The quantitative estimate of drug-likeness (QED) is 0.581. The first-order chi connectivity index (χ1) is 12.2. The first kappa shape index (κ1) is 15.7. The van der Waals surface area contributed by atoms with E-state index in [0.29, 0.717) is 16.2 Å². The third-order valence-corrected chi connectivity index (χ3v) is 5.15. The molecule has 1 N–H and O–H groups in total. The second-order valence-electron chi connectivity index (χ2n) is 5.21. The Bertz CT molecular complexity index is 1080. The predicted molar refractivity (Wildman–Crippen MR) is 96.9 cm³/mol. The molecule has 126 valence electrons. The van der Waals surface area contributed by atoms with Gasteiger partial charge < -0.3 is 9.73 Å². The zero-order chi connectivity index (χ0) is 17.2. The van der Waals surface area contributed by atoms with Crippen molar-refractivity contribution in [2.24, 2.45) is 0 Å². The molecule has 0 saturated carbocycles. The second kappa shape index (κ2) is 6.61. The SMILES string of the molecule is O=C(CCn1c(=O)oc2ccccc21)Nc1nnc(-c2ccsc2)s1. The third kappa shape index (κ3) is 3.24. The summed E-state index contributed by atoms with van der Waals surface area (Å²) in [5, 5.41) is 15.9. The number of aromatic nitrogens is 3. The molecule has 0 fully saturated rings. The molecule has 1 amide bonds.